The van der Waals surface area contributed by atoms with Crippen molar-refractivity contribution in [2.75, 3.05) is 18.0 Å². The van der Waals surface area contributed by atoms with Gasteiger partial charge in [0.1, 0.15) is 24.7 Å². The van der Waals surface area contributed by atoms with Gasteiger partial charge in [-0.25, -0.2) is 9.18 Å². The van der Waals surface area contributed by atoms with E-state index in [0.717, 1.165) is 5.56 Å². The molecule has 3 aromatic rings. The molecule has 1 fully saturated rings. The first kappa shape index (κ1) is 21.4. The van der Waals surface area contributed by atoms with Crippen molar-refractivity contribution in [3.05, 3.63) is 65.8 Å². The minimum atomic E-state index is -0.570. The maximum atomic E-state index is 14.9. The van der Waals surface area contributed by atoms with Gasteiger partial charge in [0.15, 0.2) is 11.5 Å². The molecule has 2 amide bonds. The largest absolute Gasteiger partial charge is 0.484 e. The van der Waals surface area contributed by atoms with Crippen molar-refractivity contribution in [3.8, 4) is 16.9 Å². The molecule has 1 saturated heterocycles. The Morgan fingerprint density at radius 2 is 2.06 bits per heavy atom. The number of nitrogens with zero attached hydrogens (tertiary/aromatic N) is 2. The first-order chi connectivity index (χ1) is 15.4. The Bertz CT molecular complexity index is 1130. The van der Waals surface area contributed by atoms with Crippen LogP contribution in [0.1, 0.15) is 18.2 Å². The molecule has 9 heteroatoms. The van der Waals surface area contributed by atoms with Crippen molar-refractivity contribution in [2.24, 2.45) is 0 Å². The zero-order valence-corrected chi connectivity index (χ0v) is 17.6. The first-order valence-electron chi connectivity index (χ1n) is 10.1. The summed E-state index contributed by atoms with van der Waals surface area (Å²) in [6, 6.07) is 11.9. The van der Waals surface area contributed by atoms with Gasteiger partial charge in [0.05, 0.1) is 18.8 Å². The number of aromatic nitrogens is 1. The lowest BCUT2D eigenvalue weighted by molar-refractivity contribution is -0.119. The van der Waals surface area contributed by atoms with Crippen LogP contribution in [0.4, 0.5) is 14.9 Å². The molecule has 166 valence electrons. The third-order valence-corrected chi connectivity index (χ3v) is 5.08. The number of carbonyl (C=O) groups excluding carboxylic acids is 2. The molecule has 1 aliphatic rings. The number of cyclic esters (lactones) is 1. The lowest BCUT2D eigenvalue weighted by atomic mass is 10.0. The van der Waals surface area contributed by atoms with Crippen LogP contribution < -0.4 is 15.0 Å². The van der Waals surface area contributed by atoms with Crippen molar-refractivity contribution in [1.82, 2.24) is 10.5 Å². The number of benzene rings is 2. The fourth-order valence-corrected chi connectivity index (χ4v) is 3.37. The second-order valence-electron chi connectivity index (χ2n) is 7.45. The Balaban J connectivity index is 1.42. The van der Waals surface area contributed by atoms with Crippen molar-refractivity contribution < 1.29 is 28.0 Å². The Morgan fingerprint density at radius 3 is 2.72 bits per heavy atom. The molecule has 8 nitrogen and oxygen atoms in total. The van der Waals surface area contributed by atoms with Crippen molar-refractivity contribution in [3.63, 3.8) is 0 Å². The number of nitrogens with one attached hydrogen (secondary N) is 1. The summed E-state index contributed by atoms with van der Waals surface area (Å²) in [7, 11) is 0. The molecule has 0 spiro atoms. The molecule has 0 saturated carbocycles. The molecular weight excluding hydrogens is 417 g/mol. The molecule has 4 rings (SSSR count). The van der Waals surface area contributed by atoms with Gasteiger partial charge in [-0.3, -0.25) is 9.69 Å². The number of ether oxygens (including phenoxy) is 2. The predicted molar refractivity (Wildman–Crippen MR) is 114 cm³/mol. The highest BCUT2D eigenvalue weighted by atomic mass is 19.1. The van der Waals surface area contributed by atoms with Gasteiger partial charge >= 0.3 is 6.09 Å². The molecule has 0 aliphatic carbocycles. The number of rotatable bonds is 7. The third-order valence-electron chi connectivity index (χ3n) is 5.08. The number of amides is 2. The summed E-state index contributed by atoms with van der Waals surface area (Å²) in [6.07, 6.45) is 0.462. The average Bonchev–Trinajstić information content (AvgIpc) is 3.36. The normalized spacial score (nSPS) is 15.5. The van der Waals surface area contributed by atoms with Crippen LogP contribution in [0, 0.1) is 12.7 Å². The molecule has 1 N–H and O–H groups in total. The quantitative estimate of drug-likeness (QED) is 0.601. The zero-order valence-electron chi connectivity index (χ0n) is 17.6. The lowest BCUT2D eigenvalue weighted by Gasteiger charge is -2.15. The van der Waals surface area contributed by atoms with Crippen LogP contribution in [0.15, 0.2) is 53.2 Å². The maximum absolute atomic E-state index is 14.9. The van der Waals surface area contributed by atoms with Crippen LogP contribution in [-0.2, 0) is 16.1 Å². The van der Waals surface area contributed by atoms with Gasteiger partial charge in [0.2, 0.25) is 5.91 Å². The van der Waals surface area contributed by atoms with Crippen LogP contribution in [-0.4, -0.2) is 36.4 Å². The van der Waals surface area contributed by atoms with Crippen LogP contribution in [0.5, 0.6) is 5.75 Å². The summed E-state index contributed by atoms with van der Waals surface area (Å²) < 4.78 is 30.7. The first-order valence-corrected chi connectivity index (χ1v) is 10.1. The number of hydrogen-bond donors (Lipinski definition) is 1. The lowest BCUT2D eigenvalue weighted by Crippen LogP contribution is -2.33. The average molecular weight is 439 g/mol. The summed E-state index contributed by atoms with van der Waals surface area (Å²) in [6.45, 7) is 3.94. The second-order valence-corrected chi connectivity index (χ2v) is 7.45. The minimum absolute atomic E-state index is 0.207. The highest BCUT2D eigenvalue weighted by Crippen LogP contribution is 2.29. The molecule has 1 aliphatic heterocycles. The fourth-order valence-electron chi connectivity index (χ4n) is 3.37. The fraction of sp³-hybridized carbons (Fsp3) is 0.261. The molecule has 0 unspecified atom stereocenters. The maximum Gasteiger partial charge on any atom is 0.414 e. The SMILES string of the molecule is CC(=O)NC[C@H]1CN(c2ccc(-c3ccc(COc4cnoc4C)cc3)c(F)c2)C(=O)O1. The minimum Gasteiger partial charge on any atom is -0.484 e. The van der Waals surface area contributed by atoms with Gasteiger partial charge in [-0.2, -0.15) is 0 Å². The second kappa shape index (κ2) is 9.09. The van der Waals surface area contributed by atoms with Gasteiger partial charge in [-0.15, -0.1) is 0 Å². The molecule has 1 atom stereocenters. The van der Waals surface area contributed by atoms with E-state index in [1.165, 1.54) is 24.1 Å². The Morgan fingerprint density at radius 1 is 1.28 bits per heavy atom. The predicted octanol–water partition coefficient (Wildman–Crippen LogP) is 3.83. The van der Waals surface area contributed by atoms with E-state index >= 15 is 0 Å². The number of aryl methyl sites for hydroxylation is 1. The Labute approximate surface area is 183 Å². The standard InChI is InChI=1S/C23H22FN3O5/c1-14-22(11-26-32-14)30-13-16-3-5-17(6-4-16)20-8-7-18(9-21(20)24)27-12-19(31-23(27)29)10-25-15(2)28/h3-9,11,19H,10,12-13H2,1-2H3,(H,25,28)/t19-/m0/s1. The third kappa shape index (κ3) is 4.72. The number of hydrogen-bond acceptors (Lipinski definition) is 6. The van der Waals surface area contributed by atoms with E-state index in [1.54, 1.807) is 19.1 Å². The van der Waals surface area contributed by atoms with Gasteiger partial charge < -0.3 is 19.3 Å². The van der Waals surface area contributed by atoms with E-state index in [9.17, 15) is 14.0 Å². The van der Waals surface area contributed by atoms with E-state index in [2.05, 4.69) is 10.5 Å². The number of carbonyl (C=O) groups is 2. The summed E-state index contributed by atoms with van der Waals surface area (Å²) in [5.74, 6) is 0.522. The Hall–Kier alpha value is -3.88. The summed E-state index contributed by atoms with van der Waals surface area (Å²) in [5, 5.41) is 6.28. The molecule has 0 radical (unpaired) electrons. The van der Waals surface area contributed by atoms with Crippen molar-refractivity contribution >= 4 is 17.7 Å². The topological polar surface area (TPSA) is 93.9 Å². The number of anilines is 1. The van der Waals surface area contributed by atoms with E-state index < -0.39 is 18.0 Å². The van der Waals surface area contributed by atoms with Gasteiger partial charge in [0, 0.05) is 19.4 Å². The molecular formula is C23H22FN3O5. The monoisotopic (exact) mass is 439 g/mol. The van der Waals surface area contributed by atoms with Crippen molar-refractivity contribution in [2.45, 2.75) is 26.6 Å². The molecule has 2 heterocycles. The van der Waals surface area contributed by atoms with E-state index in [1.807, 2.05) is 24.3 Å². The van der Waals surface area contributed by atoms with Gasteiger partial charge in [-0.05, 0) is 29.3 Å². The van der Waals surface area contributed by atoms with Gasteiger partial charge in [-0.1, -0.05) is 29.4 Å². The zero-order chi connectivity index (χ0) is 22.7. The molecule has 2 aromatic carbocycles. The summed E-state index contributed by atoms with van der Waals surface area (Å²) in [5.41, 5.74) is 2.43. The van der Waals surface area contributed by atoms with Crippen LogP contribution in [0.2, 0.25) is 0 Å². The highest BCUT2D eigenvalue weighted by molar-refractivity contribution is 5.90. The highest BCUT2D eigenvalue weighted by Gasteiger charge is 2.32. The van der Waals surface area contributed by atoms with Crippen LogP contribution >= 0.6 is 0 Å². The van der Waals surface area contributed by atoms with E-state index in [4.69, 9.17) is 14.0 Å². The smallest absolute Gasteiger partial charge is 0.414 e. The number of halogens is 1. The molecule has 32 heavy (non-hydrogen) atoms. The van der Waals surface area contributed by atoms with Gasteiger partial charge in [0.25, 0.3) is 0 Å². The van der Waals surface area contributed by atoms with Crippen LogP contribution in [0.25, 0.3) is 11.1 Å². The van der Waals surface area contributed by atoms with Crippen LogP contribution in [0.3, 0.4) is 0 Å². The summed E-state index contributed by atoms with van der Waals surface area (Å²) >= 11 is 0. The molecule has 0 bridgehead atoms. The summed E-state index contributed by atoms with van der Waals surface area (Å²) in [4.78, 5) is 24.5. The van der Waals surface area contributed by atoms with E-state index in [-0.39, 0.29) is 19.0 Å². The van der Waals surface area contributed by atoms with Crippen molar-refractivity contribution in [1.29, 1.82) is 0 Å². The Kier molecular flexibility index (Phi) is 6.07. The van der Waals surface area contributed by atoms with E-state index in [0.29, 0.717) is 34.9 Å². The molecule has 1 aromatic heterocycles.